The molecule has 0 aliphatic carbocycles. The minimum absolute atomic E-state index is 0.163. The van der Waals surface area contributed by atoms with Gasteiger partial charge in [-0.25, -0.2) is 0 Å². The van der Waals surface area contributed by atoms with E-state index in [1.54, 1.807) is 12.1 Å². The molecule has 21 heavy (non-hydrogen) atoms. The van der Waals surface area contributed by atoms with Crippen LogP contribution in [0.1, 0.15) is 59.8 Å². The van der Waals surface area contributed by atoms with Crippen molar-refractivity contribution in [2.24, 2.45) is 5.92 Å². The Balaban J connectivity index is 2.48. The van der Waals surface area contributed by atoms with E-state index in [1.165, 1.54) is 25.7 Å². The molecule has 1 unspecified atom stereocenters. The Labute approximate surface area is 129 Å². The molecule has 0 radical (unpaired) electrons. The van der Waals surface area contributed by atoms with Crippen molar-refractivity contribution >= 4 is 5.69 Å². The molecule has 0 saturated heterocycles. The van der Waals surface area contributed by atoms with Crippen LogP contribution in [0.15, 0.2) is 12.1 Å². The van der Waals surface area contributed by atoms with Gasteiger partial charge in [0, 0.05) is 6.07 Å². The molecule has 0 aromatic carbocycles. The number of nitrogens with two attached hydrogens (primary N) is 1. The number of rotatable bonds is 10. The maximum absolute atomic E-state index is 5.88. The van der Waals surface area contributed by atoms with Gasteiger partial charge in [-0.3, -0.25) is 0 Å². The van der Waals surface area contributed by atoms with Crippen molar-refractivity contribution in [1.29, 1.82) is 0 Å². The normalized spacial score (nSPS) is 12.4. The van der Waals surface area contributed by atoms with Crippen LogP contribution < -0.4 is 15.2 Å². The Hall–Kier alpha value is -1.45. The number of ether oxygens (including phenoxy) is 2. The average Bonchev–Trinajstić information content (AvgIpc) is 2.44. The molecular formula is C17H30N2O2. The summed E-state index contributed by atoms with van der Waals surface area (Å²) in [4.78, 5) is 4.36. The highest BCUT2D eigenvalue weighted by Gasteiger charge is 2.09. The van der Waals surface area contributed by atoms with E-state index in [2.05, 4.69) is 32.7 Å². The number of aromatic nitrogens is 1. The molecule has 1 heterocycles. The minimum atomic E-state index is 0.163. The van der Waals surface area contributed by atoms with E-state index in [0.29, 0.717) is 30.0 Å². The van der Waals surface area contributed by atoms with Gasteiger partial charge in [-0.1, -0.05) is 40.0 Å². The Bertz CT molecular complexity index is 408. The Morgan fingerprint density at radius 1 is 1.14 bits per heavy atom. The highest BCUT2D eigenvalue weighted by molar-refractivity contribution is 5.49. The summed E-state index contributed by atoms with van der Waals surface area (Å²) in [6.45, 7) is 9.09. The number of pyridine rings is 1. The zero-order valence-corrected chi connectivity index (χ0v) is 13.9. The van der Waals surface area contributed by atoms with Crippen molar-refractivity contribution in [3.05, 3.63) is 12.1 Å². The van der Waals surface area contributed by atoms with Gasteiger partial charge >= 0.3 is 0 Å². The van der Waals surface area contributed by atoms with Crippen LogP contribution in [-0.4, -0.2) is 17.7 Å². The highest BCUT2D eigenvalue weighted by atomic mass is 16.5. The maximum atomic E-state index is 5.88. The molecule has 0 bridgehead atoms. The Morgan fingerprint density at radius 2 is 1.90 bits per heavy atom. The number of anilines is 1. The van der Waals surface area contributed by atoms with Crippen LogP contribution in [0.3, 0.4) is 0 Å². The third kappa shape index (κ3) is 7.21. The van der Waals surface area contributed by atoms with Gasteiger partial charge in [0.15, 0.2) is 0 Å². The average molecular weight is 294 g/mol. The highest BCUT2D eigenvalue weighted by Crippen LogP contribution is 2.23. The molecule has 2 N–H and O–H groups in total. The second kappa shape index (κ2) is 9.48. The molecule has 1 atom stereocenters. The van der Waals surface area contributed by atoms with Gasteiger partial charge in [0.05, 0.1) is 18.4 Å². The topological polar surface area (TPSA) is 57.4 Å². The number of nitrogens with zero attached hydrogens (tertiary/aromatic N) is 1. The van der Waals surface area contributed by atoms with Crippen LogP contribution in [0, 0.1) is 5.92 Å². The molecule has 120 valence electrons. The molecule has 1 aromatic heterocycles. The van der Waals surface area contributed by atoms with Gasteiger partial charge in [-0.15, -0.1) is 0 Å². The van der Waals surface area contributed by atoms with Gasteiger partial charge in [0.1, 0.15) is 0 Å². The third-order valence-electron chi connectivity index (χ3n) is 3.20. The van der Waals surface area contributed by atoms with E-state index in [1.807, 2.05) is 0 Å². The molecule has 0 aliphatic rings. The molecule has 0 saturated carbocycles. The standard InChI is InChI=1S/C17H30N2O2/c1-5-6-7-8-9-14(4)21-16-11-10-15(18)17(19-16)20-12-13(2)3/h10-11,13-14H,5-9,12,18H2,1-4H3. The van der Waals surface area contributed by atoms with E-state index < -0.39 is 0 Å². The van der Waals surface area contributed by atoms with Gasteiger partial charge in [0.25, 0.3) is 0 Å². The summed E-state index contributed by atoms with van der Waals surface area (Å²) >= 11 is 0. The van der Waals surface area contributed by atoms with Gasteiger partial charge < -0.3 is 15.2 Å². The number of hydrogen-bond acceptors (Lipinski definition) is 4. The molecule has 0 fully saturated rings. The van der Waals surface area contributed by atoms with Crippen molar-refractivity contribution in [2.45, 2.75) is 65.9 Å². The van der Waals surface area contributed by atoms with Gasteiger partial charge in [-0.05, 0) is 31.7 Å². The van der Waals surface area contributed by atoms with Crippen LogP contribution in [0.25, 0.3) is 0 Å². The zero-order chi connectivity index (χ0) is 15.7. The molecule has 4 heteroatoms. The molecule has 0 amide bonds. The first kappa shape index (κ1) is 17.6. The maximum Gasteiger partial charge on any atom is 0.240 e. The molecular weight excluding hydrogens is 264 g/mol. The lowest BCUT2D eigenvalue weighted by Gasteiger charge is -2.15. The summed E-state index contributed by atoms with van der Waals surface area (Å²) in [5, 5.41) is 0. The van der Waals surface area contributed by atoms with E-state index in [4.69, 9.17) is 15.2 Å². The van der Waals surface area contributed by atoms with Crippen molar-refractivity contribution < 1.29 is 9.47 Å². The smallest absolute Gasteiger partial charge is 0.240 e. The zero-order valence-electron chi connectivity index (χ0n) is 13.9. The fraction of sp³-hybridized carbons (Fsp3) is 0.706. The summed E-state index contributed by atoms with van der Waals surface area (Å²) in [6.07, 6.45) is 6.22. The predicted octanol–water partition coefficient (Wildman–Crippen LogP) is 4.44. The summed E-state index contributed by atoms with van der Waals surface area (Å²) in [7, 11) is 0. The van der Waals surface area contributed by atoms with Crippen molar-refractivity contribution in [3.8, 4) is 11.8 Å². The Kier molecular flexibility index (Phi) is 7.95. The van der Waals surface area contributed by atoms with Crippen molar-refractivity contribution in [3.63, 3.8) is 0 Å². The lowest BCUT2D eigenvalue weighted by molar-refractivity contribution is 0.193. The van der Waals surface area contributed by atoms with Crippen LogP contribution in [0.5, 0.6) is 11.8 Å². The molecule has 0 spiro atoms. The first-order valence-electron chi connectivity index (χ1n) is 8.08. The Morgan fingerprint density at radius 3 is 2.57 bits per heavy atom. The van der Waals surface area contributed by atoms with E-state index in [0.717, 1.165) is 6.42 Å². The molecule has 1 aromatic rings. The minimum Gasteiger partial charge on any atom is -0.476 e. The number of hydrogen-bond donors (Lipinski definition) is 1. The number of unbranched alkanes of at least 4 members (excludes halogenated alkanes) is 3. The van der Waals surface area contributed by atoms with Gasteiger partial charge in [-0.2, -0.15) is 4.98 Å². The van der Waals surface area contributed by atoms with Crippen LogP contribution >= 0.6 is 0 Å². The predicted molar refractivity (Wildman–Crippen MR) is 87.8 cm³/mol. The lowest BCUT2D eigenvalue weighted by atomic mass is 10.1. The second-order valence-electron chi connectivity index (χ2n) is 6.03. The summed E-state index contributed by atoms with van der Waals surface area (Å²) < 4.78 is 11.5. The van der Waals surface area contributed by atoms with E-state index >= 15 is 0 Å². The summed E-state index contributed by atoms with van der Waals surface area (Å²) in [6, 6.07) is 3.60. The number of nitrogen functional groups attached to an aromatic ring is 1. The molecule has 4 nitrogen and oxygen atoms in total. The van der Waals surface area contributed by atoms with Crippen LogP contribution in [-0.2, 0) is 0 Å². The molecule has 0 aliphatic heterocycles. The quantitative estimate of drug-likeness (QED) is 0.648. The van der Waals surface area contributed by atoms with Crippen molar-refractivity contribution in [1.82, 2.24) is 4.98 Å². The second-order valence-corrected chi connectivity index (χ2v) is 6.03. The first-order valence-corrected chi connectivity index (χ1v) is 8.08. The van der Waals surface area contributed by atoms with Crippen LogP contribution in [0.2, 0.25) is 0 Å². The first-order chi connectivity index (χ1) is 10.0. The summed E-state index contributed by atoms with van der Waals surface area (Å²) in [5.41, 5.74) is 6.43. The lowest BCUT2D eigenvalue weighted by Crippen LogP contribution is -2.13. The summed E-state index contributed by atoms with van der Waals surface area (Å²) in [5.74, 6) is 1.50. The van der Waals surface area contributed by atoms with Crippen LogP contribution in [0.4, 0.5) is 5.69 Å². The third-order valence-corrected chi connectivity index (χ3v) is 3.20. The van der Waals surface area contributed by atoms with Gasteiger partial charge in [0.2, 0.25) is 11.8 Å². The fourth-order valence-corrected chi connectivity index (χ4v) is 1.98. The van der Waals surface area contributed by atoms with Crippen molar-refractivity contribution in [2.75, 3.05) is 12.3 Å². The fourth-order valence-electron chi connectivity index (χ4n) is 1.98. The van der Waals surface area contributed by atoms with E-state index in [9.17, 15) is 0 Å². The van der Waals surface area contributed by atoms with E-state index in [-0.39, 0.29) is 6.10 Å². The molecule has 1 rings (SSSR count). The monoisotopic (exact) mass is 294 g/mol. The largest absolute Gasteiger partial charge is 0.476 e. The SMILES string of the molecule is CCCCCCC(C)Oc1ccc(N)c(OCC(C)C)n1.